The minimum atomic E-state index is -0.937. The maximum absolute atomic E-state index is 9.43. The molecule has 0 atom stereocenters. The number of aryl methyl sites for hydroxylation is 8. The average Bonchev–Trinajstić information content (AvgIpc) is 3.20. The van der Waals surface area contributed by atoms with Crippen molar-refractivity contribution in [3.63, 3.8) is 0 Å². The first-order valence-corrected chi connectivity index (χ1v) is 27.8. The van der Waals surface area contributed by atoms with Crippen LogP contribution >= 0.6 is 35.2 Å². The first-order chi connectivity index (χ1) is 29.7. The first kappa shape index (κ1) is 47.3. The third-order valence-electron chi connectivity index (χ3n) is 10.6. The van der Waals surface area contributed by atoms with Crippen LogP contribution in [0.15, 0.2) is 146 Å². The molecule has 0 bridgehead atoms. The van der Waals surface area contributed by atoms with Gasteiger partial charge in [-0.15, -0.1) is 0 Å². The fourth-order valence-electron chi connectivity index (χ4n) is 8.59. The molecule has 0 aliphatic rings. The second kappa shape index (κ2) is 21.5. The average molecular weight is 980 g/mol. The number of fused-ring (bicyclic) bond motifs is 2. The van der Waals surface area contributed by atoms with Gasteiger partial charge in [0, 0.05) is 14.1 Å². The fraction of sp³-hybridized carbons (Fsp3) is 0.182. The monoisotopic (exact) mass is 979 g/mol. The van der Waals surface area contributed by atoms with Gasteiger partial charge in [-0.1, -0.05) is 190 Å². The van der Waals surface area contributed by atoms with Crippen molar-refractivity contribution >= 4 is 95.0 Å². The van der Waals surface area contributed by atoms with Gasteiger partial charge < -0.3 is 4.90 Å². The van der Waals surface area contributed by atoms with Gasteiger partial charge in [0.05, 0.1) is 0 Å². The van der Waals surface area contributed by atoms with Gasteiger partial charge in [-0.25, -0.2) is 0 Å². The standard InChI is InChI=1S/C52H48P2.C3H7NO.2ClH.Ru/c1-33-21-34(2)26-43(25-33)53(44-27-35(3)22-36(4)28-44)49-19-17-41-13-9-11-15-47(41)51(49)52-48-16-12-10-14-42(48)18-20-50(52)54(45-29-37(5)23-38(6)30-45)46-31-39(7)24-40(8)32-46;1-4(2)3-5;;;/h9-32H,1-8H3;3H,1-2H3;2*1H;/q;;;;+2/p-2. The topological polar surface area (TPSA) is 20.3 Å². The quantitative estimate of drug-likeness (QED) is 0.0844. The summed E-state index contributed by atoms with van der Waals surface area (Å²) in [7, 11) is 11.2. The number of nitrogens with zero attached hydrogens (tertiary/aromatic N) is 1. The molecule has 0 N–H and O–H groups in total. The molecule has 0 unspecified atom stereocenters. The van der Waals surface area contributed by atoms with Gasteiger partial charge >= 0.3 is 34.5 Å². The number of benzene rings is 8. The Morgan fingerprint density at radius 3 is 0.903 bits per heavy atom. The van der Waals surface area contributed by atoms with E-state index in [-0.39, 0.29) is 15.1 Å². The number of amides is 1. The molecule has 1 amide bonds. The number of carbonyl (C=O) groups excluding carboxylic acids is 1. The van der Waals surface area contributed by atoms with Crippen LogP contribution < -0.4 is 31.8 Å². The number of hydrogen-bond acceptors (Lipinski definition) is 1. The summed E-state index contributed by atoms with van der Waals surface area (Å²) < 4.78 is 0. The van der Waals surface area contributed by atoms with E-state index in [1.165, 1.54) is 114 Å². The van der Waals surface area contributed by atoms with E-state index in [0.717, 1.165) is 6.41 Å². The van der Waals surface area contributed by atoms with Crippen LogP contribution in [0.2, 0.25) is 0 Å². The normalized spacial score (nSPS) is 11.1. The van der Waals surface area contributed by atoms with Crippen molar-refractivity contribution in [2.75, 3.05) is 14.1 Å². The van der Waals surface area contributed by atoms with Crippen LogP contribution in [0, 0.1) is 55.4 Å². The molecular formula is C55H55Cl2NOP2Ru. The summed E-state index contributed by atoms with van der Waals surface area (Å²) in [4.78, 5) is 10.9. The molecule has 0 saturated heterocycles. The fourth-order valence-corrected chi connectivity index (χ4v) is 14.3. The molecule has 318 valence electrons. The molecule has 0 fully saturated rings. The maximum atomic E-state index is 9.43. The molecule has 0 aromatic heterocycles. The summed E-state index contributed by atoms with van der Waals surface area (Å²) in [5.74, 6) is 0. The van der Waals surface area contributed by atoms with E-state index < -0.39 is 15.8 Å². The van der Waals surface area contributed by atoms with Crippen LogP contribution in [0.25, 0.3) is 32.7 Å². The summed E-state index contributed by atoms with van der Waals surface area (Å²) in [5.41, 5.74) is 13.2. The summed E-state index contributed by atoms with van der Waals surface area (Å²) in [6.45, 7) is 18.0. The predicted octanol–water partition coefficient (Wildman–Crippen LogP) is 12.7. The Morgan fingerprint density at radius 1 is 0.419 bits per heavy atom. The van der Waals surface area contributed by atoms with Crippen molar-refractivity contribution in [3.8, 4) is 11.1 Å². The molecule has 0 spiro atoms. The molecule has 8 rings (SSSR count). The second-order valence-electron chi connectivity index (χ2n) is 16.5. The van der Waals surface area contributed by atoms with Crippen molar-refractivity contribution in [1.29, 1.82) is 0 Å². The molecule has 0 aliphatic heterocycles. The molecule has 2 nitrogen and oxygen atoms in total. The zero-order valence-corrected chi connectivity index (χ0v) is 42.3. The molecule has 0 radical (unpaired) electrons. The van der Waals surface area contributed by atoms with Gasteiger partial charge in [0.1, 0.15) is 0 Å². The Labute approximate surface area is 387 Å². The number of hydrogen-bond donors (Lipinski definition) is 0. The van der Waals surface area contributed by atoms with Crippen molar-refractivity contribution in [1.82, 2.24) is 4.90 Å². The van der Waals surface area contributed by atoms with E-state index >= 15 is 0 Å². The summed E-state index contributed by atoms with van der Waals surface area (Å²) in [6.07, 6.45) is 0.750. The van der Waals surface area contributed by atoms with Gasteiger partial charge in [0.15, 0.2) is 0 Å². The molecule has 8 aromatic rings. The van der Waals surface area contributed by atoms with Gasteiger partial charge in [0.25, 0.3) is 0 Å². The summed E-state index contributed by atoms with van der Waals surface area (Å²) in [5, 5.41) is 13.6. The van der Waals surface area contributed by atoms with Crippen LogP contribution in [0.4, 0.5) is 0 Å². The third-order valence-corrected chi connectivity index (χ3v) is 15.4. The van der Waals surface area contributed by atoms with E-state index in [2.05, 4.69) is 201 Å². The van der Waals surface area contributed by atoms with Crippen LogP contribution in [0.1, 0.15) is 44.5 Å². The molecular weight excluding hydrogens is 925 g/mol. The van der Waals surface area contributed by atoms with E-state index in [9.17, 15) is 4.79 Å². The SMILES string of the molecule is CN(C)C=O.Cc1cc(C)cc(P(c2cc(C)cc(C)c2)c2ccc3ccccc3c2-c2c(P(c3cc(C)cc(C)c3)c3cc(C)cc(C)c3)ccc3ccccc23)c1.[Cl][Ru][Cl]. The van der Waals surface area contributed by atoms with Gasteiger partial charge in [-0.2, -0.15) is 0 Å². The Bertz CT molecular complexity index is 2500. The van der Waals surface area contributed by atoms with E-state index in [1.807, 2.05) is 0 Å². The van der Waals surface area contributed by atoms with Gasteiger partial charge in [0.2, 0.25) is 6.41 Å². The molecule has 7 heteroatoms. The zero-order chi connectivity index (χ0) is 44.7. The Balaban J connectivity index is 0.000000740. The number of rotatable bonds is 8. The first-order valence-electron chi connectivity index (χ1n) is 20.7. The zero-order valence-electron chi connectivity index (χ0n) is 37.3. The number of carbonyl (C=O) groups is 1. The van der Waals surface area contributed by atoms with Crippen molar-refractivity contribution < 1.29 is 19.9 Å². The molecule has 62 heavy (non-hydrogen) atoms. The second-order valence-corrected chi connectivity index (χ2v) is 23.5. The molecule has 0 heterocycles. The van der Waals surface area contributed by atoms with Crippen LogP contribution in [-0.4, -0.2) is 25.4 Å². The Morgan fingerprint density at radius 2 is 0.661 bits per heavy atom. The predicted molar refractivity (Wildman–Crippen MR) is 274 cm³/mol. The molecule has 0 saturated carbocycles. The van der Waals surface area contributed by atoms with Crippen LogP contribution in [-0.2, 0) is 19.9 Å². The Hall–Kier alpha value is -4.19. The van der Waals surface area contributed by atoms with E-state index in [4.69, 9.17) is 19.4 Å². The van der Waals surface area contributed by atoms with Crippen molar-refractivity contribution in [2.24, 2.45) is 0 Å². The van der Waals surface area contributed by atoms with Gasteiger partial charge in [-0.05, 0) is 136 Å². The molecule has 8 aromatic carbocycles. The van der Waals surface area contributed by atoms with Crippen LogP contribution in [0.3, 0.4) is 0 Å². The molecule has 0 aliphatic carbocycles. The van der Waals surface area contributed by atoms with E-state index in [1.54, 1.807) is 14.1 Å². The van der Waals surface area contributed by atoms with E-state index in [0.29, 0.717) is 0 Å². The Kier molecular flexibility index (Phi) is 16.4. The minimum absolute atomic E-state index is 0.346. The third kappa shape index (κ3) is 11.3. The number of halogens is 2. The van der Waals surface area contributed by atoms with Crippen molar-refractivity contribution in [3.05, 3.63) is 190 Å². The van der Waals surface area contributed by atoms with Gasteiger partial charge in [-0.3, -0.25) is 4.79 Å². The van der Waals surface area contributed by atoms with Crippen LogP contribution in [0.5, 0.6) is 0 Å². The summed E-state index contributed by atoms with van der Waals surface area (Å²) in [6, 6.07) is 56.6. The van der Waals surface area contributed by atoms with Crippen molar-refractivity contribution in [2.45, 2.75) is 55.4 Å². The summed E-state index contributed by atoms with van der Waals surface area (Å²) >= 11 is -0.346.